The Balaban J connectivity index is 2.28. The van der Waals surface area contributed by atoms with E-state index in [1.54, 1.807) is 33.2 Å². The summed E-state index contributed by atoms with van der Waals surface area (Å²) in [7, 11) is 3.39. The number of aliphatic imine (C=N–C) groups is 1. The van der Waals surface area contributed by atoms with Crippen molar-refractivity contribution in [1.82, 2.24) is 10.6 Å². The highest BCUT2D eigenvalue weighted by Crippen LogP contribution is 2.16. The van der Waals surface area contributed by atoms with E-state index >= 15 is 0 Å². The van der Waals surface area contributed by atoms with Crippen molar-refractivity contribution in [3.05, 3.63) is 35.1 Å². The first-order valence-electron chi connectivity index (χ1n) is 8.38. The lowest BCUT2D eigenvalue weighted by molar-refractivity contribution is 0.0689. The molecule has 0 aliphatic rings. The highest BCUT2D eigenvalue weighted by atomic mass is 19.1. The van der Waals surface area contributed by atoms with Crippen molar-refractivity contribution in [3.8, 4) is 0 Å². The maximum atomic E-state index is 13.7. The van der Waals surface area contributed by atoms with E-state index in [1.807, 2.05) is 13.0 Å². The maximum Gasteiger partial charge on any atom is 0.191 e. The van der Waals surface area contributed by atoms with Crippen molar-refractivity contribution in [2.75, 3.05) is 40.5 Å². The molecular formula is C18H30FN3O2. The van der Waals surface area contributed by atoms with E-state index in [-0.39, 0.29) is 11.9 Å². The second-order valence-electron chi connectivity index (χ2n) is 5.69. The summed E-state index contributed by atoms with van der Waals surface area (Å²) < 4.78 is 24.0. The Morgan fingerprint density at radius 1 is 1.25 bits per heavy atom. The van der Waals surface area contributed by atoms with Gasteiger partial charge in [-0.25, -0.2) is 4.39 Å². The molecule has 0 aliphatic carbocycles. The number of nitrogens with one attached hydrogen (secondary N) is 2. The average molecular weight is 339 g/mol. The van der Waals surface area contributed by atoms with E-state index in [9.17, 15) is 4.39 Å². The number of methoxy groups -OCH3 is 1. The van der Waals surface area contributed by atoms with Gasteiger partial charge >= 0.3 is 0 Å². The number of rotatable bonds is 10. The molecule has 0 aliphatic heterocycles. The summed E-state index contributed by atoms with van der Waals surface area (Å²) >= 11 is 0. The number of guanidine groups is 1. The molecule has 136 valence electrons. The molecule has 0 radical (unpaired) electrons. The molecule has 0 amide bonds. The molecule has 1 aromatic rings. The first-order valence-corrected chi connectivity index (χ1v) is 8.38. The summed E-state index contributed by atoms with van der Waals surface area (Å²) in [5.74, 6) is 0.529. The molecule has 24 heavy (non-hydrogen) atoms. The smallest absolute Gasteiger partial charge is 0.191 e. The zero-order chi connectivity index (χ0) is 17.8. The van der Waals surface area contributed by atoms with E-state index in [1.165, 1.54) is 0 Å². The van der Waals surface area contributed by atoms with Crippen molar-refractivity contribution in [1.29, 1.82) is 0 Å². The second kappa shape index (κ2) is 11.8. The van der Waals surface area contributed by atoms with Crippen LogP contribution in [0.4, 0.5) is 4.39 Å². The molecule has 0 fully saturated rings. The lowest BCUT2D eigenvalue weighted by Crippen LogP contribution is -2.39. The summed E-state index contributed by atoms with van der Waals surface area (Å²) in [6, 6.07) is 5.27. The lowest BCUT2D eigenvalue weighted by atomic mass is 10.1. The molecule has 1 rings (SSSR count). The summed E-state index contributed by atoms with van der Waals surface area (Å²) in [6.07, 6.45) is 1.97. The largest absolute Gasteiger partial charge is 0.382 e. The van der Waals surface area contributed by atoms with Crippen LogP contribution in [-0.4, -0.2) is 46.5 Å². The molecule has 1 unspecified atom stereocenters. The number of unbranched alkanes of at least 4 members (excludes halogenated alkanes) is 1. The molecule has 1 atom stereocenters. The molecule has 0 saturated carbocycles. The second-order valence-corrected chi connectivity index (χ2v) is 5.69. The van der Waals surface area contributed by atoms with Crippen molar-refractivity contribution in [2.45, 2.75) is 32.7 Å². The van der Waals surface area contributed by atoms with Gasteiger partial charge in [0, 0.05) is 27.3 Å². The summed E-state index contributed by atoms with van der Waals surface area (Å²) in [6.45, 7) is 6.56. The Hall–Kier alpha value is -1.66. The highest BCUT2D eigenvalue weighted by Gasteiger charge is 2.09. The van der Waals surface area contributed by atoms with Crippen LogP contribution in [0.15, 0.2) is 23.2 Å². The quantitative estimate of drug-likeness (QED) is 0.391. The van der Waals surface area contributed by atoms with Gasteiger partial charge < -0.3 is 20.1 Å². The molecule has 0 spiro atoms. The minimum atomic E-state index is -0.183. The fourth-order valence-electron chi connectivity index (χ4n) is 2.14. The van der Waals surface area contributed by atoms with Crippen LogP contribution >= 0.6 is 0 Å². The van der Waals surface area contributed by atoms with E-state index < -0.39 is 0 Å². The van der Waals surface area contributed by atoms with Crippen LogP contribution in [0.25, 0.3) is 0 Å². The Bertz CT molecular complexity index is 509. The zero-order valence-corrected chi connectivity index (χ0v) is 15.2. The number of ether oxygens (including phenoxy) is 2. The number of hydrogen-bond acceptors (Lipinski definition) is 3. The Morgan fingerprint density at radius 3 is 2.71 bits per heavy atom. The fourth-order valence-corrected chi connectivity index (χ4v) is 2.14. The molecule has 6 heteroatoms. The minimum Gasteiger partial charge on any atom is -0.382 e. The fraction of sp³-hybridized carbons (Fsp3) is 0.611. The number of nitrogens with zero attached hydrogens (tertiary/aromatic N) is 1. The van der Waals surface area contributed by atoms with Gasteiger partial charge in [0.15, 0.2) is 5.96 Å². The van der Waals surface area contributed by atoms with Gasteiger partial charge in [-0.05, 0) is 43.9 Å². The van der Waals surface area contributed by atoms with E-state index in [2.05, 4.69) is 15.6 Å². The van der Waals surface area contributed by atoms with Gasteiger partial charge in [0.05, 0.1) is 19.3 Å². The average Bonchev–Trinajstić information content (AvgIpc) is 2.58. The molecule has 0 heterocycles. The van der Waals surface area contributed by atoms with Crippen LogP contribution < -0.4 is 10.6 Å². The number of halogens is 1. The number of benzene rings is 1. The molecule has 5 nitrogen and oxygen atoms in total. The summed E-state index contributed by atoms with van der Waals surface area (Å²) in [5, 5.41) is 6.54. The molecule has 0 bridgehead atoms. The SMILES string of the molecule is CN=C(NCCCCOCCOC)NC(C)c1ccc(C)c(F)c1. The third-order valence-corrected chi connectivity index (χ3v) is 3.71. The molecular weight excluding hydrogens is 309 g/mol. The van der Waals surface area contributed by atoms with Gasteiger partial charge in [0.1, 0.15) is 5.82 Å². The van der Waals surface area contributed by atoms with Crippen LogP contribution in [0, 0.1) is 12.7 Å². The van der Waals surface area contributed by atoms with E-state index in [0.29, 0.717) is 24.7 Å². The van der Waals surface area contributed by atoms with Crippen molar-refractivity contribution >= 4 is 5.96 Å². The first-order chi connectivity index (χ1) is 11.6. The zero-order valence-electron chi connectivity index (χ0n) is 15.2. The van der Waals surface area contributed by atoms with Crippen molar-refractivity contribution in [3.63, 3.8) is 0 Å². The Morgan fingerprint density at radius 2 is 2.04 bits per heavy atom. The number of aryl methyl sites for hydroxylation is 1. The van der Waals surface area contributed by atoms with Gasteiger partial charge in [0.25, 0.3) is 0 Å². The van der Waals surface area contributed by atoms with Crippen LogP contribution in [0.5, 0.6) is 0 Å². The molecule has 0 saturated heterocycles. The lowest BCUT2D eigenvalue weighted by Gasteiger charge is -2.18. The first kappa shape index (κ1) is 20.4. The third kappa shape index (κ3) is 7.75. The summed E-state index contributed by atoms with van der Waals surface area (Å²) in [5.41, 5.74) is 1.55. The van der Waals surface area contributed by atoms with E-state index in [0.717, 1.165) is 31.6 Å². The predicted molar refractivity (Wildman–Crippen MR) is 96.0 cm³/mol. The minimum absolute atomic E-state index is 0.0244. The monoisotopic (exact) mass is 339 g/mol. The van der Waals surface area contributed by atoms with Crippen LogP contribution in [-0.2, 0) is 9.47 Å². The van der Waals surface area contributed by atoms with Gasteiger partial charge in [0.2, 0.25) is 0 Å². The van der Waals surface area contributed by atoms with Gasteiger partial charge in [-0.15, -0.1) is 0 Å². The number of hydrogen-bond donors (Lipinski definition) is 2. The van der Waals surface area contributed by atoms with Gasteiger partial charge in [-0.3, -0.25) is 4.99 Å². The van der Waals surface area contributed by atoms with Gasteiger partial charge in [-0.1, -0.05) is 12.1 Å². The highest BCUT2D eigenvalue weighted by molar-refractivity contribution is 5.80. The van der Waals surface area contributed by atoms with Crippen LogP contribution in [0.3, 0.4) is 0 Å². The summed E-state index contributed by atoms with van der Waals surface area (Å²) in [4.78, 5) is 4.20. The topological polar surface area (TPSA) is 54.9 Å². The normalized spacial score (nSPS) is 13.0. The van der Waals surface area contributed by atoms with Crippen molar-refractivity contribution < 1.29 is 13.9 Å². The Kier molecular flexibility index (Phi) is 10.0. The maximum absolute atomic E-state index is 13.7. The van der Waals surface area contributed by atoms with Crippen LogP contribution in [0.2, 0.25) is 0 Å². The molecule has 1 aromatic carbocycles. The van der Waals surface area contributed by atoms with Crippen LogP contribution in [0.1, 0.15) is 36.9 Å². The third-order valence-electron chi connectivity index (χ3n) is 3.71. The Labute approximate surface area is 144 Å². The van der Waals surface area contributed by atoms with Gasteiger partial charge in [-0.2, -0.15) is 0 Å². The van der Waals surface area contributed by atoms with E-state index in [4.69, 9.17) is 9.47 Å². The molecule has 2 N–H and O–H groups in total. The van der Waals surface area contributed by atoms with Crippen molar-refractivity contribution in [2.24, 2.45) is 4.99 Å². The molecule has 0 aromatic heterocycles. The standard InChI is InChI=1S/C18H30FN3O2/c1-14-7-8-16(13-17(14)19)15(2)22-18(20-3)21-9-5-6-10-24-12-11-23-4/h7-8,13,15H,5-6,9-12H2,1-4H3,(H2,20,21,22). The predicted octanol–water partition coefficient (Wildman–Crippen LogP) is 2.80.